The van der Waals surface area contributed by atoms with E-state index < -0.39 is 0 Å². The number of pyridine rings is 2. The predicted molar refractivity (Wildman–Crippen MR) is 157 cm³/mol. The lowest BCUT2D eigenvalue weighted by atomic mass is 10.0. The number of aromatic nitrogens is 2. The number of carbonyl (C=O) groups excluding carboxylic acids is 2. The van der Waals surface area contributed by atoms with E-state index in [9.17, 15) is 14.9 Å². The van der Waals surface area contributed by atoms with Crippen LogP contribution in [0.15, 0.2) is 18.3 Å². The number of hydrogen-bond acceptors (Lipinski definition) is 10. The van der Waals surface area contributed by atoms with Gasteiger partial charge in [-0.3, -0.25) is 19.9 Å². The molecule has 218 valence electrons. The molecular weight excluding hydrogens is 544 g/mol. The van der Waals surface area contributed by atoms with Gasteiger partial charge in [-0.15, -0.1) is 0 Å². The number of nitrogens with one attached hydrogen (secondary N) is 2. The zero-order valence-electron chi connectivity index (χ0n) is 23.7. The summed E-state index contributed by atoms with van der Waals surface area (Å²) in [6.07, 6.45) is 3.97. The minimum Gasteiger partial charge on any atom is -0.481 e. The number of thioether (sulfide) groups is 1. The molecule has 0 spiro atoms. The van der Waals surface area contributed by atoms with Gasteiger partial charge < -0.3 is 19.7 Å². The maximum absolute atomic E-state index is 13.5. The lowest BCUT2D eigenvalue weighted by Crippen LogP contribution is -2.48. The van der Waals surface area contributed by atoms with Crippen molar-refractivity contribution in [1.82, 2.24) is 19.8 Å². The highest BCUT2D eigenvalue weighted by atomic mass is 32.2. The average Bonchev–Trinajstić information content (AvgIpc) is 2.98. The molecule has 12 nitrogen and oxygen atoms in total. The summed E-state index contributed by atoms with van der Waals surface area (Å²) in [5, 5.41) is 16.0. The minimum absolute atomic E-state index is 0.0396. The minimum atomic E-state index is -0.367. The number of likely N-dealkylation sites (N-methyl/N-ethyl adjacent to an activating group) is 1. The maximum atomic E-state index is 13.5. The summed E-state index contributed by atoms with van der Waals surface area (Å²) in [7, 11) is 5.19. The second kappa shape index (κ2) is 12.9. The first-order valence-corrected chi connectivity index (χ1v) is 14.9. The molecule has 2 N–H and O–H groups in total. The normalized spacial score (nSPS) is 21.2. The Bertz CT molecular complexity index is 1330. The number of anilines is 3. The molecule has 2 fully saturated rings. The van der Waals surface area contributed by atoms with Crippen LogP contribution in [0, 0.1) is 11.3 Å². The lowest BCUT2D eigenvalue weighted by Gasteiger charge is -2.33. The van der Waals surface area contributed by atoms with Gasteiger partial charge in [0.2, 0.25) is 11.8 Å². The molecule has 3 aliphatic rings. The monoisotopic (exact) mass is 580 g/mol. The number of rotatable bonds is 7. The number of amides is 3. The largest absolute Gasteiger partial charge is 0.481 e. The predicted octanol–water partition coefficient (Wildman–Crippen LogP) is 2.55. The molecule has 13 heteroatoms. The van der Waals surface area contributed by atoms with Gasteiger partial charge >= 0.3 is 6.03 Å². The maximum Gasteiger partial charge on any atom is 0.328 e. The van der Waals surface area contributed by atoms with Gasteiger partial charge in [0, 0.05) is 50.3 Å². The Morgan fingerprint density at radius 3 is 2.88 bits per heavy atom. The van der Waals surface area contributed by atoms with E-state index in [1.165, 1.54) is 6.20 Å². The van der Waals surface area contributed by atoms with Gasteiger partial charge in [0.15, 0.2) is 0 Å². The number of piperazine rings is 1. The van der Waals surface area contributed by atoms with Crippen LogP contribution in [0.2, 0.25) is 0 Å². The molecule has 2 aromatic rings. The fourth-order valence-corrected chi connectivity index (χ4v) is 6.58. The number of aryl methyl sites for hydroxylation is 1. The molecule has 2 unspecified atom stereocenters. The summed E-state index contributed by atoms with van der Waals surface area (Å²) in [4.78, 5) is 40.5. The number of hydrogen-bond donors (Lipinski definition) is 2. The second-order valence-corrected chi connectivity index (χ2v) is 11.6. The zero-order chi connectivity index (χ0) is 28.9. The molecule has 2 aromatic heterocycles. The van der Waals surface area contributed by atoms with Crippen molar-refractivity contribution in [2.75, 3.05) is 74.5 Å². The molecule has 2 saturated heterocycles. The Balaban J connectivity index is 1.33. The van der Waals surface area contributed by atoms with Crippen LogP contribution >= 0.6 is 11.8 Å². The van der Waals surface area contributed by atoms with E-state index in [2.05, 4.69) is 21.7 Å². The van der Waals surface area contributed by atoms with E-state index >= 15 is 0 Å². The highest BCUT2D eigenvalue weighted by Crippen LogP contribution is 2.32. The number of nitrogens with zero attached hydrogens (tertiary/aromatic N) is 6. The highest BCUT2D eigenvalue weighted by Gasteiger charge is 2.29. The van der Waals surface area contributed by atoms with Gasteiger partial charge in [0.05, 0.1) is 43.6 Å². The van der Waals surface area contributed by atoms with E-state index in [0.29, 0.717) is 54.9 Å². The van der Waals surface area contributed by atoms with Gasteiger partial charge in [-0.2, -0.15) is 22.0 Å². The van der Waals surface area contributed by atoms with Crippen molar-refractivity contribution in [2.24, 2.45) is 0 Å². The van der Waals surface area contributed by atoms with Crippen molar-refractivity contribution >= 4 is 41.0 Å². The Labute approximate surface area is 244 Å². The van der Waals surface area contributed by atoms with Gasteiger partial charge in [-0.05, 0) is 43.7 Å². The number of carbonyl (C=O) groups is 2. The van der Waals surface area contributed by atoms with Gasteiger partial charge in [0.25, 0.3) is 0 Å². The van der Waals surface area contributed by atoms with Crippen molar-refractivity contribution in [1.29, 1.82) is 5.26 Å². The van der Waals surface area contributed by atoms with Crippen LogP contribution in [-0.4, -0.2) is 103 Å². The molecule has 3 amide bonds. The van der Waals surface area contributed by atoms with Crippen molar-refractivity contribution in [3.05, 3.63) is 35.0 Å². The number of fused-ring (bicyclic) bond motifs is 1. The van der Waals surface area contributed by atoms with E-state index in [-0.39, 0.29) is 24.1 Å². The molecular formula is C28H36N8O4S. The summed E-state index contributed by atoms with van der Waals surface area (Å²) in [6, 6.07) is 5.55. The van der Waals surface area contributed by atoms with Crippen LogP contribution in [0.25, 0.3) is 0 Å². The number of urea groups is 1. The standard InChI is InChI=1S/C28H36N8O4S/c1-34-8-9-35(25(37)16-34)15-19-11-18-5-4-7-36(26(18)33-27(19)40-3)28(38)32-24-12-21(20(13-29)14-30-24)31-22-17-41-10-6-23(22)39-2/h11-12,14,22-23H,4-10,15-17H2,1-3H3,(H2,30,31,32,38). The average molecular weight is 581 g/mol. The molecule has 0 radical (unpaired) electrons. The third-order valence-electron chi connectivity index (χ3n) is 7.71. The SMILES string of the molecule is COc1nc2c(cc1CN1CCN(C)CC1=O)CCCN2C(=O)Nc1cc(NC2CSCCC2OC)c(C#N)cn1. The molecule has 3 aliphatic heterocycles. The number of methoxy groups -OCH3 is 2. The summed E-state index contributed by atoms with van der Waals surface area (Å²) in [5.74, 6) is 3.23. The lowest BCUT2D eigenvalue weighted by molar-refractivity contribution is -0.136. The van der Waals surface area contributed by atoms with Crippen LogP contribution in [0.4, 0.5) is 22.1 Å². The van der Waals surface area contributed by atoms with Crippen molar-refractivity contribution in [3.63, 3.8) is 0 Å². The van der Waals surface area contributed by atoms with E-state index in [1.807, 2.05) is 34.7 Å². The van der Waals surface area contributed by atoms with Gasteiger partial charge in [-0.25, -0.2) is 9.78 Å². The van der Waals surface area contributed by atoms with Crippen LogP contribution < -0.4 is 20.3 Å². The molecule has 0 saturated carbocycles. The van der Waals surface area contributed by atoms with Crippen molar-refractivity contribution in [2.45, 2.75) is 38.0 Å². The number of nitriles is 1. The Kier molecular flexibility index (Phi) is 9.12. The molecule has 5 heterocycles. The van der Waals surface area contributed by atoms with E-state index in [1.54, 1.807) is 25.2 Å². The van der Waals surface area contributed by atoms with Crippen LogP contribution in [0.3, 0.4) is 0 Å². The molecule has 2 atom stereocenters. The quantitative estimate of drug-likeness (QED) is 0.503. The Morgan fingerprint density at radius 2 is 2.12 bits per heavy atom. The summed E-state index contributed by atoms with van der Waals surface area (Å²) in [6.45, 7) is 2.75. The molecule has 0 aromatic carbocycles. The Morgan fingerprint density at radius 1 is 1.27 bits per heavy atom. The van der Waals surface area contributed by atoms with Crippen LogP contribution in [-0.2, 0) is 22.5 Å². The third-order valence-corrected chi connectivity index (χ3v) is 8.83. The summed E-state index contributed by atoms with van der Waals surface area (Å²) >= 11 is 1.84. The van der Waals surface area contributed by atoms with E-state index in [4.69, 9.17) is 14.5 Å². The van der Waals surface area contributed by atoms with Crippen molar-refractivity contribution in [3.8, 4) is 11.9 Å². The topological polar surface area (TPSA) is 136 Å². The molecule has 41 heavy (non-hydrogen) atoms. The molecule has 0 bridgehead atoms. The first-order chi connectivity index (χ1) is 19.9. The van der Waals surface area contributed by atoms with Gasteiger partial charge in [-0.1, -0.05) is 0 Å². The summed E-state index contributed by atoms with van der Waals surface area (Å²) in [5.41, 5.74) is 2.76. The molecule has 5 rings (SSSR count). The first-order valence-electron chi connectivity index (χ1n) is 13.8. The zero-order valence-corrected chi connectivity index (χ0v) is 24.5. The Hall–Kier alpha value is -3.60. The smallest absolute Gasteiger partial charge is 0.328 e. The highest BCUT2D eigenvalue weighted by molar-refractivity contribution is 7.99. The second-order valence-electron chi connectivity index (χ2n) is 10.5. The number of ether oxygens (including phenoxy) is 2. The third kappa shape index (κ3) is 6.50. The van der Waals surface area contributed by atoms with Crippen LogP contribution in [0.1, 0.15) is 29.5 Å². The first kappa shape index (κ1) is 28.9. The summed E-state index contributed by atoms with van der Waals surface area (Å²) < 4.78 is 11.3. The fourth-order valence-electron chi connectivity index (χ4n) is 5.46. The van der Waals surface area contributed by atoms with E-state index in [0.717, 1.165) is 48.4 Å². The van der Waals surface area contributed by atoms with Crippen LogP contribution in [0.5, 0.6) is 5.88 Å². The van der Waals surface area contributed by atoms with Crippen molar-refractivity contribution < 1.29 is 19.1 Å². The fraction of sp³-hybridized carbons (Fsp3) is 0.536. The molecule has 0 aliphatic carbocycles. The van der Waals surface area contributed by atoms with Gasteiger partial charge in [0.1, 0.15) is 17.7 Å².